The Morgan fingerprint density at radius 2 is 2.05 bits per heavy atom. The van der Waals surface area contributed by atoms with Gasteiger partial charge in [-0.3, -0.25) is 4.79 Å². The molecule has 7 heteroatoms. The zero-order chi connectivity index (χ0) is 15.3. The number of hydrogen-bond donors (Lipinski definition) is 1. The summed E-state index contributed by atoms with van der Waals surface area (Å²) in [7, 11) is 0. The van der Waals surface area contributed by atoms with E-state index in [4.69, 9.17) is 11.6 Å². The van der Waals surface area contributed by atoms with Gasteiger partial charge in [-0.05, 0) is 32.0 Å². The molecule has 0 spiro atoms. The Labute approximate surface area is 119 Å². The number of carbonyl (C=O) groups is 1. The van der Waals surface area contributed by atoms with Gasteiger partial charge in [0.25, 0.3) is 0 Å². The largest absolute Gasteiger partial charge is 0.482 e. The highest BCUT2D eigenvalue weighted by Crippen LogP contribution is 2.29. The first kappa shape index (κ1) is 16.4. The van der Waals surface area contributed by atoms with Crippen LogP contribution in [0, 0.1) is 0 Å². The van der Waals surface area contributed by atoms with Crippen molar-refractivity contribution in [2.45, 2.75) is 20.0 Å². The van der Waals surface area contributed by atoms with Gasteiger partial charge in [-0.1, -0.05) is 17.2 Å². The summed E-state index contributed by atoms with van der Waals surface area (Å²) in [4.78, 5) is 11.6. The zero-order valence-corrected chi connectivity index (χ0v) is 11.6. The number of halogens is 4. The van der Waals surface area contributed by atoms with E-state index in [1.165, 1.54) is 24.3 Å². The van der Waals surface area contributed by atoms with Gasteiger partial charge in [0.2, 0.25) is 5.91 Å². The second kappa shape index (κ2) is 6.65. The predicted octanol–water partition coefficient (Wildman–Crippen LogP) is 4.19. The number of benzene rings is 1. The van der Waals surface area contributed by atoms with Crippen molar-refractivity contribution in [1.82, 2.24) is 0 Å². The Hall–Kier alpha value is -1.69. The van der Waals surface area contributed by atoms with Gasteiger partial charge in [0, 0.05) is 11.1 Å². The van der Waals surface area contributed by atoms with Gasteiger partial charge >= 0.3 is 6.18 Å². The lowest BCUT2D eigenvalue weighted by Gasteiger charge is -2.13. The van der Waals surface area contributed by atoms with Gasteiger partial charge in [-0.25, -0.2) is 0 Å². The van der Waals surface area contributed by atoms with Crippen LogP contribution in [0.5, 0.6) is 5.75 Å². The first-order valence-corrected chi connectivity index (χ1v) is 6.00. The third-order valence-corrected chi connectivity index (χ3v) is 2.25. The highest BCUT2D eigenvalue weighted by Gasteiger charge is 2.28. The second-order valence-corrected chi connectivity index (χ2v) is 4.69. The second-order valence-electron chi connectivity index (χ2n) is 4.26. The molecule has 0 aromatic heterocycles. The topological polar surface area (TPSA) is 38.3 Å². The zero-order valence-electron chi connectivity index (χ0n) is 10.8. The highest BCUT2D eigenvalue weighted by molar-refractivity contribution is 6.31. The maximum absolute atomic E-state index is 12.1. The Morgan fingerprint density at radius 1 is 1.40 bits per heavy atom. The lowest BCUT2D eigenvalue weighted by molar-refractivity contribution is -0.153. The molecule has 0 saturated heterocycles. The summed E-state index contributed by atoms with van der Waals surface area (Å²) in [6.07, 6.45) is -3.14. The number of rotatable bonds is 4. The molecule has 0 bridgehead atoms. The lowest BCUT2D eigenvalue weighted by Crippen LogP contribution is -2.20. The molecule has 0 aliphatic rings. The molecule has 0 fully saturated rings. The standard InChI is InChI=1S/C13H13ClF3NO2/c1-8(2)5-12(19)18-10-6-9(14)3-4-11(10)20-7-13(15,16)17/h3-6H,7H2,1-2H3,(H,18,19). The molecule has 1 aromatic rings. The van der Waals surface area contributed by atoms with Crippen LogP contribution in [-0.4, -0.2) is 18.7 Å². The Balaban J connectivity index is 2.90. The summed E-state index contributed by atoms with van der Waals surface area (Å²) < 4.78 is 41.1. The monoisotopic (exact) mass is 307 g/mol. The molecule has 1 amide bonds. The number of amides is 1. The van der Waals surface area contributed by atoms with E-state index in [1.807, 2.05) is 0 Å². The van der Waals surface area contributed by atoms with Crippen LogP contribution < -0.4 is 10.1 Å². The molecule has 0 unspecified atom stereocenters. The first-order valence-electron chi connectivity index (χ1n) is 5.62. The van der Waals surface area contributed by atoms with Crippen molar-refractivity contribution in [2.75, 3.05) is 11.9 Å². The van der Waals surface area contributed by atoms with Crippen LogP contribution in [-0.2, 0) is 4.79 Å². The minimum absolute atomic E-state index is 0.0873. The van der Waals surface area contributed by atoms with Crippen molar-refractivity contribution in [1.29, 1.82) is 0 Å². The third kappa shape index (κ3) is 5.97. The van der Waals surface area contributed by atoms with Gasteiger partial charge in [0.1, 0.15) is 5.75 Å². The normalized spacial score (nSPS) is 10.9. The molecule has 0 radical (unpaired) electrons. The smallest absolute Gasteiger partial charge is 0.422 e. The van der Waals surface area contributed by atoms with Crippen LogP contribution in [0.3, 0.4) is 0 Å². The third-order valence-electron chi connectivity index (χ3n) is 2.01. The number of nitrogens with one attached hydrogen (secondary N) is 1. The average Bonchev–Trinajstić information content (AvgIpc) is 2.25. The molecule has 1 N–H and O–H groups in total. The summed E-state index contributed by atoms with van der Waals surface area (Å²) >= 11 is 5.75. The van der Waals surface area contributed by atoms with Crippen molar-refractivity contribution in [2.24, 2.45) is 0 Å². The number of anilines is 1. The Morgan fingerprint density at radius 3 is 2.60 bits per heavy atom. The van der Waals surface area contributed by atoms with Crippen LogP contribution in [0.25, 0.3) is 0 Å². The molecule has 3 nitrogen and oxygen atoms in total. The molecule has 0 aliphatic carbocycles. The fourth-order valence-electron chi connectivity index (χ4n) is 1.32. The van der Waals surface area contributed by atoms with Crippen molar-refractivity contribution in [3.05, 3.63) is 34.9 Å². The quantitative estimate of drug-likeness (QED) is 0.847. The molecule has 1 rings (SSSR count). The molecule has 0 atom stereocenters. The minimum Gasteiger partial charge on any atom is -0.482 e. The summed E-state index contributed by atoms with van der Waals surface area (Å²) in [5.41, 5.74) is 0.839. The fourth-order valence-corrected chi connectivity index (χ4v) is 1.49. The van der Waals surface area contributed by atoms with Crippen LogP contribution in [0.4, 0.5) is 18.9 Å². The van der Waals surface area contributed by atoms with Gasteiger partial charge in [0.15, 0.2) is 6.61 Å². The van der Waals surface area contributed by atoms with Crippen LogP contribution in [0.2, 0.25) is 5.02 Å². The Kier molecular flexibility index (Phi) is 5.44. The molecule has 20 heavy (non-hydrogen) atoms. The first-order chi connectivity index (χ1) is 9.17. The van der Waals surface area contributed by atoms with Crippen molar-refractivity contribution < 1.29 is 22.7 Å². The SMILES string of the molecule is CC(C)=CC(=O)Nc1cc(Cl)ccc1OCC(F)(F)F. The summed E-state index contributed by atoms with van der Waals surface area (Å²) in [5, 5.41) is 2.70. The van der Waals surface area contributed by atoms with Crippen molar-refractivity contribution >= 4 is 23.2 Å². The van der Waals surface area contributed by atoms with E-state index in [0.717, 1.165) is 5.57 Å². The van der Waals surface area contributed by atoms with Gasteiger partial charge in [-0.15, -0.1) is 0 Å². The summed E-state index contributed by atoms with van der Waals surface area (Å²) in [6, 6.07) is 3.97. The maximum Gasteiger partial charge on any atom is 0.422 e. The van der Waals surface area contributed by atoms with Crippen molar-refractivity contribution in [3.8, 4) is 5.75 Å². The van der Waals surface area contributed by atoms with Crippen LogP contribution in [0.1, 0.15) is 13.8 Å². The molecular formula is C13H13ClF3NO2. The van der Waals surface area contributed by atoms with E-state index >= 15 is 0 Å². The number of hydrogen-bond acceptors (Lipinski definition) is 2. The summed E-state index contributed by atoms with van der Waals surface area (Å²) in [6.45, 7) is 2.00. The highest BCUT2D eigenvalue weighted by atomic mass is 35.5. The van der Waals surface area contributed by atoms with E-state index in [1.54, 1.807) is 13.8 Å². The molecule has 0 saturated carbocycles. The van der Waals surface area contributed by atoms with Crippen LogP contribution in [0.15, 0.2) is 29.8 Å². The summed E-state index contributed by atoms with van der Waals surface area (Å²) in [5.74, 6) is -0.564. The van der Waals surface area contributed by atoms with E-state index in [9.17, 15) is 18.0 Å². The van der Waals surface area contributed by atoms with Gasteiger partial charge in [-0.2, -0.15) is 13.2 Å². The van der Waals surface area contributed by atoms with E-state index in [0.29, 0.717) is 0 Å². The van der Waals surface area contributed by atoms with Crippen molar-refractivity contribution in [3.63, 3.8) is 0 Å². The molecular weight excluding hydrogens is 295 g/mol. The van der Waals surface area contributed by atoms with E-state index in [2.05, 4.69) is 10.1 Å². The number of allylic oxidation sites excluding steroid dienone is 1. The predicted molar refractivity (Wildman–Crippen MR) is 71.1 cm³/mol. The Bertz CT molecular complexity index is 523. The molecule has 110 valence electrons. The van der Waals surface area contributed by atoms with Gasteiger partial charge in [0.05, 0.1) is 5.69 Å². The minimum atomic E-state index is -4.46. The van der Waals surface area contributed by atoms with E-state index < -0.39 is 18.7 Å². The van der Waals surface area contributed by atoms with Crippen LogP contribution >= 0.6 is 11.6 Å². The molecule has 1 aromatic carbocycles. The number of alkyl halides is 3. The maximum atomic E-state index is 12.1. The molecule has 0 heterocycles. The molecule has 0 aliphatic heterocycles. The average molecular weight is 308 g/mol. The number of ether oxygens (including phenoxy) is 1. The lowest BCUT2D eigenvalue weighted by atomic mass is 10.2. The number of carbonyl (C=O) groups excluding carboxylic acids is 1. The van der Waals surface area contributed by atoms with Gasteiger partial charge < -0.3 is 10.1 Å². The fraction of sp³-hybridized carbons (Fsp3) is 0.308. The van der Waals surface area contributed by atoms with E-state index in [-0.39, 0.29) is 16.5 Å².